The van der Waals surface area contributed by atoms with Crippen molar-refractivity contribution in [2.75, 3.05) is 0 Å². The van der Waals surface area contributed by atoms with Gasteiger partial charge in [-0.15, -0.1) is 0 Å². The summed E-state index contributed by atoms with van der Waals surface area (Å²) in [6, 6.07) is 30.9. The third-order valence-electron chi connectivity index (χ3n) is 6.23. The molecule has 0 spiro atoms. The van der Waals surface area contributed by atoms with Gasteiger partial charge in [0.25, 0.3) is 0 Å². The Morgan fingerprint density at radius 3 is 2.11 bits per heavy atom. The second-order valence-electron chi connectivity index (χ2n) is 7.59. The van der Waals surface area contributed by atoms with Crippen molar-refractivity contribution < 1.29 is 0 Å². The first-order valence-electron chi connectivity index (χ1n) is 9.66. The van der Waals surface area contributed by atoms with E-state index in [-0.39, 0.29) is 0 Å². The molecule has 0 bridgehead atoms. The molecule has 0 atom stereocenters. The molecule has 128 valence electrons. The molecular formula is C27H15N. The van der Waals surface area contributed by atoms with Crippen molar-refractivity contribution in [3.05, 3.63) is 91.1 Å². The van der Waals surface area contributed by atoms with Gasteiger partial charge in [0.15, 0.2) is 0 Å². The average Bonchev–Trinajstić information content (AvgIpc) is 3.11. The highest BCUT2D eigenvalue weighted by Gasteiger charge is 2.21. The number of hydrogen-bond acceptors (Lipinski definition) is 1. The van der Waals surface area contributed by atoms with Crippen LogP contribution in [0.2, 0.25) is 0 Å². The van der Waals surface area contributed by atoms with Crippen LogP contribution in [0, 0.1) is 0 Å². The third kappa shape index (κ3) is 1.65. The molecule has 0 radical (unpaired) electrons. The summed E-state index contributed by atoms with van der Waals surface area (Å²) in [6.07, 6.45) is 1.86. The van der Waals surface area contributed by atoms with Gasteiger partial charge in [-0.05, 0) is 66.7 Å². The minimum atomic E-state index is 1.04. The molecule has 0 saturated carbocycles. The van der Waals surface area contributed by atoms with Gasteiger partial charge in [-0.1, -0.05) is 72.8 Å². The fraction of sp³-hybridized carbons (Fsp3) is 0. The van der Waals surface area contributed by atoms with Crippen molar-refractivity contribution in [1.29, 1.82) is 0 Å². The maximum atomic E-state index is 4.55. The minimum Gasteiger partial charge on any atom is -0.256 e. The van der Waals surface area contributed by atoms with Crippen LogP contribution in [0.3, 0.4) is 0 Å². The van der Waals surface area contributed by atoms with Crippen LogP contribution in [0.4, 0.5) is 0 Å². The normalized spacial score (nSPS) is 12.3. The lowest BCUT2D eigenvalue weighted by Crippen LogP contribution is -1.86. The second kappa shape index (κ2) is 4.96. The van der Waals surface area contributed by atoms with E-state index in [1.807, 2.05) is 12.3 Å². The number of pyridine rings is 1. The molecule has 1 aliphatic rings. The highest BCUT2D eigenvalue weighted by Crippen LogP contribution is 2.49. The highest BCUT2D eigenvalue weighted by atomic mass is 14.6. The molecule has 7 rings (SSSR count). The SMILES string of the molecule is c1cc2c3c(c1)ccc1ccc4c(-c5cccc6ncccc56)ccc-2c4c13. The number of hydrogen-bond donors (Lipinski definition) is 0. The van der Waals surface area contributed by atoms with Gasteiger partial charge in [0, 0.05) is 11.6 Å². The summed E-state index contributed by atoms with van der Waals surface area (Å²) in [5, 5.41) is 9.37. The van der Waals surface area contributed by atoms with E-state index in [1.165, 1.54) is 60.0 Å². The molecule has 0 N–H and O–H groups in total. The number of fused-ring (bicyclic) bond motifs is 2. The summed E-state index contributed by atoms with van der Waals surface area (Å²) in [5.74, 6) is 0. The summed E-state index contributed by atoms with van der Waals surface area (Å²) in [5.41, 5.74) is 6.29. The van der Waals surface area contributed by atoms with Crippen molar-refractivity contribution in [2.24, 2.45) is 0 Å². The Morgan fingerprint density at radius 1 is 0.429 bits per heavy atom. The van der Waals surface area contributed by atoms with Crippen LogP contribution in [0.5, 0.6) is 0 Å². The smallest absolute Gasteiger partial charge is 0.0708 e. The predicted octanol–water partition coefficient (Wildman–Crippen LogP) is 7.34. The number of aromatic nitrogens is 1. The Bertz CT molecular complexity index is 1600. The predicted molar refractivity (Wildman–Crippen MR) is 119 cm³/mol. The van der Waals surface area contributed by atoms with Crippen LogP contribution >= 0.6 is 0 Å². The molecule has 1 nitrogen and oxygen atoms in total. The van der Waals surface area contributed by atoms with Gasteiger partial charge in [0.05, 0.1) is 5.52 Å². The molecule has 0 unspecified atom stereocenters. The first kappa shape index (κ1) is 14.4. The first-order chi connectivity index (χ1) is 13.9. The van der Waals surface area contributed by atoms with E-state index in [2.05, 4.69) is 83.8 Å². The quantitative estimate of drug-likeness (QED) is 0.281. The van der Waals surface area contributed by atoms with Gasteiger partial charge in [-0.2, -0.15) is 0 Å². The fourth-order valence-electron chi connectivity index (χ4n) is 5.06. The van der Waals surface area contributed by atoms with Crippen molar-refractivity contribution in [2.45, 2.75) is 0 Å². The monoisotopic (exact) mass is 353 g/mol. The van der Waals surface area contributed by atoms with Crippen molar-refractivity contribution >= 4 is 43.2 Å². The average molecular weight is 353 g/mol. The lowest BCUT2D eigenvalue weighted by atomic mass is 9.92. The van der Waals surface area contributed by atoms with Crippen LogP contribution in [-0.4, -0.2) is 4.98 Å². The zero-order chi connectivity index (χ0) is 18.2. The van der Waals surface area contributed by atoms with E-state index < -0.39 is 0 Å². The van der Waals surface area contributed by atoms with Gasteiger partial charge >= 0.3 is 0 Å². The molecule has 1 aromatic heterocycles. The lowest BCUT2D eigenvalue weighted by Gasteiger charge is -2.12. The topological polar surface area (TPSA) is 12.9 Å². The van der Waals surface area contributed by atoms with Crippen LogP contribution in [-0.2, 0) is 0 Å². The van der Waals surface area contributed by atoms with E-state index in [0.29, 0.717) is 0 Å². The third-order valence-corrected chi connectivity index (χ3v) is 6.23. The van der Waals surface area contributed by atoms with Gasteiger partial charge in [-0.25, -0.2) is 0 Å². The number of rotatable bonds is 1. The van der Waals surface area contributed by atoms with Gasteiger partial charge in [-0.3, -0.25) is 4.98 Å². The fourth-order valence-corrected chi connectivity index (χ4v) is 5.06. The van der Waals surface area contributed by atoms with E-state index in [4.69, 9.17) is 0 Å². The van der Waals surface area contributed by atoms with Crippen molar-refractivity contribution in [3.8, 4) is 22.3 Å². The van der Waals surface area contributed by atoms with E-state index in [1.54, 1.807) is 0 Å². The first-order valence-corrected chi connectivity index (χ1v) is 9.66. The molecule has 1 heterocycles. The summed E-state index contributed by atoms with van der Waals surface area (Å²) < 4.78 is 0. The Hall–Kier alpha value is -3.71. The van der Waals surface area contributed by atoms with Gasteiger partial charge in [0.2, 0.25) is 0 Å². The molecule has 28 heavy (non-hydrogen) atoms. The lowest BCUT2D eigenvalue weighted by molar-refractivity contribution is 1.41. The molecule has 5 aromatic carbocycles. The van der Waals surface area contributed by atoms with Gasteiger partial charge in [0.1, 0.15) is 0 Å². The van der Waals surface area contributed by atoms with Gasteiger partial charge < -0.3 is 0 Å². The Balaban J connectivity index is 1.70. The zero-order valence-corrected chi connectivity index (χ0v) is 15.1. The maximum Gasteiger partial charge on any atom is 0.0708 e. The molecule has 0 saturated heterocycles. The Kier molecular flexibility index (Phi) is 2.54. The Morgan fingerprint density at radius 2 is 1.14 bits per heavy atom. The van der Waals surface area contributed by atoms with E-state index in [0.717, 1.165) is 5.52 Å². The highest BCUT2D eigenvalue weighted by molar-refractivity contribution is 6.34. The second-order valence-corrected chi connectivity index (χ2v) is 7.59. The van der Waals surface area contributed by atoms with E-state index >= 15 is 0 Å². The molecule has 6 aromatic rings. The molecular weight excluding hydrogens is 338 g/mol. The number of nitrogens with zero attached hydrogens (tertiary/aromatic N) is 1. The van der Waals surface area contributed by atoms with Crippen molar-refractivity contribution in [3.63, 3.8) is 0 Å². The van der Waals surface area contributed by atoms with Crippen LogP contribution in [0.1, 0.15) is 0 Å². The van der Waals surface area contributed by atoms with Crippen LogP contribution in [0.15, 0.2) is 91.1 Å². The standard InChI is InChI=1S/C27H15N/c1-4-16-9-10-17-11-12-22-19(18-5-2-8-24-20(18)7-3-15-28-24)13-14-23-21(6-1)25(16)26(17)27(22)23/h1-15H. The molecule has 0 amide bonds. The summed E-state index contributed by atoms with van der Waals surface area (Å²) in [6.45, 7) is 0. The molecule has 0 aliphatic heterocycles. The van der Waals surface area contributed by atoms with Crippen LogP contribution < -0.4 is 0 Å². The zero-order valence-electron chi connectivity index (χ0n) is 15.1. The molecule has 0 fully saturated rings. The minimum absolute atomic E-state index is 1.04. The summed E-state index contributed by atoms with van der Waals surface area (Å²) in [4.78, 5) is 4.55. The largest absolute Gasteiger partial charge is 0.256 e. The Labute approximate surface area is 161 Å². The maximum absolute atomic E-state index is 4.55. The van der Waals surface area contributed by atoms with Crippen LogP contribution in [0.25, 0.3) is 65.5 Å². The summed E-state index contributed by atoms with van der Waals surface area (Å²) in [7, 11) is 0. The van der Waals surface area contributed by atoms with Crippen molar-refractivity contribution in [1.82, 2.24) is 4.98 Å². The molecule has 1 aliphatic carbocycles. The molecule has 1 heteroatoms. The summed E-state index contributed by atoms with van der Waals surface area (Å²) >= 11 is 0. The number of benzene rings is 5. The van der Waals surface area contributed by atoms with E-state index in [9.17, 15) is 0 Å².